The Morgan fingerprint density at radius 3 is 2.62 bits per heavy atom. The van der Waals surface area contributed by atoms with Crippen molar-refractivity contribution >= 4 is 5.69 Å². The van der Waals surface area contributed by atoms with E-state index in [1.165, 1.54) is 12.1 Å². The molecule has 4 heteroatoms. The fourth-order valence-corrected chi connectivity index (χ4v) is 2.32. The molecule has 3 nitrogen and oxygen atoms in total. The molecule has 0 saturated carbocycles. The fourth-order valence-electron chi connectivity index (χ4n) is 2.32. The van der Waals surface area contributed by atoms with Gasteiger partial charge in [0.05, 0.1) is 13.7 Å². The van der Waals surface area contributed by atoms with E-state index in [2.05, 4.69) is 4.90 Å². The number of nitrogens with zero attached hydrogens (tertiary/aromatic N) is 1. The lowest BCUT2D eigenvalue weighted by Crippen LogP contribution is -2.22. The van der Waals surface area contributed by atoms with Crippen LogP contribution in [0.25, 0.3) is 0 Å². The lowest BCUT2D eigenvalue weighted by atomic mass is 10.1. The molecule has 2 rings (SSSR count). The first-order valence-corrected chi connectivity index (χ1v) is 6.95. The first kappa shape index (κ1) is 15.3. The number of benzene rings is 2. The van der Waals surface area contributed by atoms with Crippen LogP contribution in [0.4, 0.5) is 10.1 Å². The molecular formula is C17H20FNO2. The van der Waals surface area contributed by atoms with Gasteiger partial charge in [0.25, 0.3) is 0 Å². The second-order valence-corrected chi connectivity index (χ2v) is 4.80. The van der Waals surface area contributed by atoms with Gasteiger partial charge in [-0.25, -0.2) is 4.39 Å². The van der Waals surface area contributed by atoms with E-state index in [0.717, 1.165) is 29.1 Å². The van der Waals surface area contributed by atoms with Gasteiger partial charge in [-0.2, -0.15) is 0 Å². The summed E-state index contributed by atoms with van der Waals surface area (Å²) in [4.78, 5) is 2.06. The summed E-state index contributed by atoms with van der Waals surface area (Å²) >= 11 is 0. The van der Waals surface area contributed by atoms with Crippen LogP contribution in [-0.2, 0) is 13.2 Å². The Balaban J connectivity index is 2.29. The highest BCUT2D eigenvalue weighted by atomic mass is 19.1. The summed E-state index contributed by atoms with van der Waals surface area (Å²) in [5, 5.41) is 9.27. The number of hydrogen-bond acceptors (Lipinski definition) is 3. The topological polar surface area (TPSA) is 32.7 Å². The average Bonchev–Trinajstić information content (AvgIpc) is 2.52. The van der Waals surface area contributed by atoms with Crippen LogP contribution in [0.15, 0.2) is 42.5 Å². The van der Waals surface area contributed by atoms with Crippen LogP contribution in [-0.4, -0.2) is 18.8 Å². The number of rotatable bonds is 6. The molecule has 0 atom stereocenters. The van der Waals surface area contributed by atoms with Crippen molar-refractivity contribution < 1.29 is 14.2 Å². The first-order valence-electron chi connectivity index (χ1n) is 6.95. The first-order chi connectivity index (χ1) is 10.2. The Hall–Kier alpha value is -2.07. The van der Waals surface area contributed by atoms with E-state index < -0.39 is 0 Å². The molecule has 112 valence electrons. The van der Waals surface area contributed by atoms with Crippen molar-refractivity contribution in [2.75, 3.05) is 18.6 Å². The molecule has 0 saturated heterocycles. The van der Waals surface area contributed by atoms with E-state index in [1.807, 2.05) is 31.2 Å². The van der Waals surface area contributed by atoms with Crippen LogP contribution in [0.5, 0.6) is 5.75 Å². The number of hydrogen-bond donors (Lipinski definition) is 1. The number of aliphatic hydroxyl groups excluding tert-OH is 1. The van der Waals surface area contributed by atoms with Crippen molar-refractivity contribution in [3.8, 4) is 5.75 Å². The van der Waals surface area contributed by atoms with E-state index in [1.54, 1.807) is 13.2 Å². The van der Waals surface area contributed by atoms with Crippen molar-refractivity contribution in [1.29, 1.82) is 0 Å². The van der Waals surface area contributed by atoms with Gasteiger partial charge in [0.1, 0.15) is 11.6 Å². The van der Waals surface area contributed by atoms with Crippen molar-refractivity contribution in [2.24, 2.45) is 0 Å². The molecule has 21 heavy (non-hydrogen) atoms. The minimum Gasteiger partial charge on any atom is -0.496 e. The summed E-state index contributed by atoms with van der Waals surface area (Å²) in [6.07, 6.45) is 0. The fraction of sp³-hybridized carbons (Fsp3) is 0.294. The van der Waals surface area contributed by atoms with Gasteiger partial charge in [0.2, 0.25) is 0 Å². The molecular weight excluding hydrogens is 269 g/mol. The van der Waals surface area contributed by atoms with Crippen molar-refractivity contribution in [2.45, 2.75) is 20.1 Å². The molecule has 0 unspecified atom stereocenters. The number of halogens is 1. The smallest absolute Gasteiger partial charge is 0.125 e. The zero-order valence-corrected chi connectivity index (χ0v) is 12.3. The van der Waals surface area contributed by atoms with E-state index in [9.17, 15) is 9.50 Å². The summed E-state index contributed by atoms with van der Waals surface area (Å²) in [6, 6.07) is 12.1. The predicted octanol–water partition coefficient (Wildman–Crippen LogP) is 3.35. The van der Waals surface area contributed by atoms with Crippen LogP contribution in [0, 0.1) is 5.82 Å². The molecule has 0 bridgehead atoms. The van der Waals surface area contributed by atoms with Gasteiger partial charge in [0.15, 0.2) is 0 Å². The maximum absolute atomic E-state index is 13.4. The Labute approximate surface area is 124 Å². The molecule has 0 spiro atoms. The predicted molar refractivity (Wildman–Crippen MR) is 82.0 cm³/mol. The van der Waals surface area contributed by atoms with Gasteiger partial charge >= 0.3 is 0 Å². The van der Waals surface area contributed by atoms with Crippen molar-refractivity contribution in [1.82, 2.24) is 0 Å². The van der Waals surface area contributed by atoms with E-state index in [0.29, 0.717) is 6.54 Å². The highest BCUT2D eigenvalue weighted by Gasteiger charge is 2.11. The Bertz CT molecular complexity index is 601. The van der Waals surface area contributed by atoms with E-state index in [-0.39, 0.29) is 12.4 Å². The van der Waals surface area contributed by atoms with Crippen LogP contribution >= 0.6 is 0 Å². The van der Waals surface area contributed by atoms with Crippen LogP contribution in [0.3, 0.4) is 0 Å². The van der Waals surface area contributed by atoms with Gasteiger partial charge in [-0.3, -0.25) is 0 Å². The molecule has 0 aliphatic rings. The van der Waals surface area contributed by atoms with Gasteiger partial charge in [-0.1, -0.05) is 12.1 Å². The highest BCUT2D eigenvalue weighted by Crippen LogP contribution is 2.25. The second-order valence-electron chi connectivity index (χ2n) is 4.80. The summed E-state index contributed by atoms with van der Waals surface area (Å²) in [5.74, 6) is 0.518. The monoisotopic (exact) mass is 289 g/mol. The third-order valence-corrected chi connectivity index (χ3v) is 3.44. The summed E-state index contributed by atoms with van der Waals surface area (Å²) < 4.78 is 18.7. The largest absolute Gasteiger partial charge is 0.496 e. The Kier molecular flexibility index (Phi) is 5.17. The number of anilines is 1. The second kappa shape index (κ2) is 7.09. The minimum absolute atomic E-state index is 0.0108. The van der Waals surface area contributed by atoms with Gasteiger partial charge in [-0.15, -0.1) is 0 Å². The summed E-state index contributed by atoms with van der Waals surface area (Å²) in [7, 11) is 1.62. The average molecular weight is 289 g/mol. The third-order valence-electron chi connectivity index (χ3n) is 3.44. The number of aliphatic hydroxyl groups is 1. The molecule has 0 fully saturated rings. The minimum atomic E-state index is -0.248. The van der Waals surface area contributed by atoms with Gasteiger partial charge < -0.3 is 14.7 Å². The normalized spacial score (nSPS) is 10.5. The molecule has 0 aliphatic carbocycles. The Morgan fingerprint density at radius 2 is 2.00 bits per heavy atom. The van der Waals surface area contributed by atoms with Gasteiger partial charge in [-0.05, 0) is 42.8 Å². The Morgan fingerprint density at radius 1 is 1.19 bits per heavy atom. The van der Waals surface area contributed by atoms with E-state index >= 15 is 0 Å². The molecule has 2 aromatic carbocycles. The molecule has 0 aromatic heterocycles. The number of methoxy groups -OCH3 is 1. The van der Waals surface area contributed by atoms with Gasteiger partial charge in [0, 0.05) is 24.3 Å². The SMILES string of the molecule is CCN(Cc1cc(CO)ccc1OC)c1cccc(F)c1. The van der Waals surface area contributed by atoms with Crippen LogP contribution in [0.1, 0.15) is 18.1 Å². The zero-order valence-electron chi connectivity index (χ0n) is 12.3. The molecule has 1 N–H and O–H groups in total. The standard InChI is InChI=1S/C17H20FNO2/c1-3-19(16-6-4-5-15(18)10-16)11-14-9-13(12-20)7-8-17(14)21-2/h4-10,20H,3,11-12H2,1-2H3. The summed E-state index contributed by atoms with van der Waals surface area (Å²) in [5.41, 5.74) is 2.63. The van der Waals surface area contributed by atoms with Crippen LogP contribution < -0.4 is 9.64 Å². The molecule has 0 heterocycles. The molecule has 0 amide bonds. The molecule has 0 aliphatic heterocycles. The van der Waals surface area contributed by atoms with Crippen molar-refractivity contribution in [3.05, 3.63) is 59.4 Å². The summed E-state index contributed by atoms with van der Waals surface area (Å²) in [6.45, 7) is 3.35. The number of ether oxygens (including phenoxy) is 1. The van der Waals surface area contributed by atoms with Crippen molar-refractivity contribution in [3.63, 3.8) is 0 Å². The molecule has 0 radical (unpaired) electrons. The maximum atomic E-state index is 13.4. The zero-order chi connectivity index (χ0) is 15.2. The maximum Gasteiger partial charge on any atom is 0.125 e. The lowest BCUT2D eigenvalue weighted by molar-refractivity contribution is 0.281. The van der Waals surface area contributed by atoms with Crippen LogP contribution in [0.2, 0.25) is 0 Å². The molecule has 2 aromatic rings. The highest BCUT2D eigenvalue weighted by molar-refractivity contribution is 5.49. The lowest BCUT2D eigenvalue weighted by Gasteiger charge is -2.24. The van der Waals surface area contributed by atoms with E-state index in [4.69, 9.17) is 4.74 Å². The third kappa shape index (κ3) is 3.73. The quantitative estimate of drug-likeness (QED) is 0.885.